The van der Waals surface area contributed by atoms with Gasteiger partial charge in [0.15, 0.2) is 5.96 Å². The number of halogens is 1. The summed E-state index contributed by atoms with van der Waals surface area (Å²) in [6.07, 6.45) is 0.983. The van der Waals surface area contributed by atoms with E-state index in [-0.39, 0.29) is 36.0 Å². The topological polar surface area (TPSA) is 77.6 Å². The fourth-order valence-corrected chi connectivity index (χ4v) is 3.01. The number of hydrogen-bond donors (Lipinski definition) is 4. The number of urea groups is 1. The molecule has 2 aromatic rings. The zero-order valence-electron chi connectivity index (χ0n) is 15.9. The zero-order chi connectivity index (χ0) is 18.8. The summed E-state index contributed by atoms with van der Waals surface area (Å²) in [6.45, 7) is 5.36. The Balaban J connectivity index is 0.00000364. The quantitative estimate of drug-likeness (QED) is 0.265. The van der Waals surface area contributed by atoms with Crippen LogP contribution < -0.4 is 21.3 Å². The third kappa shape index (κ3) is 9.09. The molecule has 0 fully saturated rings. The lowest BCUT2D eigenvalue weighted by Crippen LogP contribution is -2.37. The van der Waals surface area contributed by atoms with Crippen LogP contribution in [0.5, 0.6) is 0 Å². The summed E-state index contributed by atoms with van der Waals surface area (Å²) in [7, 11) is 1.76. The van der Waals surface area contributed by atoms with Crippen molar-refractivity contribution in [1.82, 2.24) is 16.0 Å². The van der Waals surface area contributed by atoms with E-state index in [1.54, 1.807) is 18.4 Å². The number of thiophene rings is 1. The van der Waals surface area contributed by atoms with Gasteiger partial charge in [-0.15, -0.1) is 35.3 Å². The first-order valence-corrected chi connectivity index (χ1v) is 9.58. The van der Waals surface area contributed by atoms with Gasteiger partial charge in [-0.2, -0.15) is 0 Å². The van der Waals surface area contributed by atoms with Gasteiger partial charge >= 0.3 is 6.03 Å². The lowest BCUT2D eigenvalue weighted by atomic mass is 10.2. The van der Waals surface area contributed by atoms with E-state index in [1.807, 2.05) is 38.1 Å². The molecule has 2 amide bonds. The van der Waals surface area contributed by atoms with Crippen molar-refractivity contribution in [2.45, 2.75) is 32.9 Å². The van der Waals surface area contributed by atoms with Gasteiger partial charge in [-0.25, -0.2) is 4.79 Å². The van der Waals surface area contributed by atoms with Gasteiger partial charge in [-0.1, -0.05) is 18.2 Å². The molecule has 0 saturated heterocycles. The van der Waals surface area contributed by atoms with Crippen molar-refractivity contribution in [2.24, 2.45) is 4.99 Å². The average Bonchev–Trinajstić information content (AvgIpc) is 3.12. The fraction of sp³-hybridized carbons (Fsp3) is 0.368. The van der Waals surface area contributed by atoms with Crippen LogP contribution in [0, 0.1) is 0 Å². The highest BCUT2D eigenvalue weighted by atomic mass is 127. The molecule has 8 heteroatoms. The Kier molecular flexibility index (Phi) is 10.8. The predicted molar refractivity (Wildman–Crippen MR) is 125 cm³/mol. The minimum atomic E-state index is -0.193. The Labute approximate surface area is 182 Å². The van der Waals surface area contributed by atoms with Gasteiger partial charge < -0.3 is 21.3 Å². The molecule has 0 radical (unpaired) electrons. The molecule has 148 valence electrons. The molecular weight excluding hydrogens is 473 g/mol. The second kappa shape index (κ2) is 12.6. The number of hydrogen-bond acceptors (Lipinski definition) is 3. The monoisotopic (exact) mass is 501 g/mol. The van der Waals surface area contributed by atoms with Gasteiger partial charge in [0.05, 0.1) is 0 Å². The normalized spacial score (nSPS) is 10.9. The largest absolute Gasteiger partial charge is 0.356 e. The molecule has 0 aliphatic rings. The van der Waals surface area contributed by atoms with E-state index in [9.17, 15) is 4.79 Å². The van der Waals surface area contributed by atoms with E-state index in [0.29, 0.717) is 6.54 Å². The third-order valence-corrected chi connectivity index (χ3v) is 4.50. The molecule has 2 rings (SSSR count). The Morgan fingerprint density at radius 3 is 2.48 bits per heavy atom. The number of anilines is 1. The minimum absolute atomic E-state index is 0. The van der Waals surface area contributed by atoms with Gasteiger partial charge in [0.1, 0.15) is 0 Å². The molecule has 4 N–H and O–H groups in total. The molecule has 1 heterocycles. The van der Waals surface area contributed by atoms with E-state index in [0.717, 1.165) is 30.2 Å². The molecule has 0 aliphatic carbocycles. The molecule has 0 atom stereocenters. The van der Waals surface area contributed by atoms with Gasteiger partial charge in [0.2, 0.25) is 0 Å². The fourth-order valence-electron chi connectivity index (χ4n) is 2.30. The molecule has 0 saturated carbocycles. The van der Waals surface area contributed by atoms with Gasteiger partial charge in [-0.05, 0) is 49.4 Å². The number of amides is 2. The van der Waals surface area contributed by atoms with Crippen molar-refractivity contribution < 1.29 is 4.79 Å². The molecule has 0 bridgehead atoms. The number of nitrogens with zero attached hydrogens (tertiary/aromatic N) is 1. The van der Waals surface area contributed by atoms with Crippen LogP contribution in [-0.4, -0.2) is 31.6 Å². The zero-order valence-corrected chi connectivity index (χ0v) is 19.1. The summed E-state index contributed by atoms with van der Waals surface area (Å²) in [5, 5.41) is 14.3. The summed E-state index contributed by atoms with van der Waals surface area (Å²) in [5.41, 5.74) is 1.88. The molecule has 1 aromatic carbocycles. The summed E-state index contributed by atoms with van der Waals surface area (Å²) in [4.78, 5) is 17.3. The SMILES string of the molecule is CN=C(NCCc1cccs1)NCc1ccc(NC(=O)NC(C)C)cc1.I. The van der Waals surface area contributed by atoms with Gasteiger partial charge in [0.25, 0.3) is 0 Å². The number of guanidine groups is 1. The average molecular weight is 501 g/mol. The lowest BCUT2D eigenvalue weighted by Gasteiger charge is -2.13. The van der Waals surface area contributed by atoms with Gasteiger partial charge in [-0.3, -0.25) is 4.99 Å². The number of nitrogens with one attached hydrogen (secondary N) is 4. The van der Waals surface area contributed by atoms with E-state index < -0.39 is 0 Å². The first-order chi connectivity index (χ1) is 12.6. The van der Waals surface area contributed by atoms with Crippen LogP contribution in [0.3, 0.4) is 0 Å². The minimum Gasteiger partial charge on any atom is -0.356 e. The van der Waals surface area contributed by atoms with Crippen molar-refractivity contribution in [3.05, 3.63) is 52.2 Å². The maximum Gasteiger partial charge on any atom is 0.319 e. The van der Waals surface area contributed by atoms with Crippen LogP contribution >= 0.6 is 35.3 Å². The highest BCUT2D eigenvalue weighted by molar-refractivity contribution is 14.0. The second-order valence-corrected chi connectivity index (χ2v) is 7.16. The van der Waals surface area contributed by atoms with E-state index in [2.05, 4.69) is 43.8 Å². The molecule has 0 unspecified atom stereocenters. The van der Waals surface area contributed by atoms with Crippen molar-refractivity contribution in [2.75, 3.05) is 18.9 Å². The van der Waals surface area contributed by atoms with E-state index in [4.69, 9.17) is 0 Å². The van der Waals surface area contributed by atoms with Crippen LogP contribution in [0.25, 0.3) is 0 Å². The number of carbonyl (C=O) groups excluding carboxylic acids is 1. The first-order valence-electron chi connectivity index (χ1n) is 8.70. The van der Waals surface area contributed by atoms with Crippen molar-refractivity contribution in [1.29, 1.82) is 0 Å². The molecule has 0 aliphatic heterocycles. The van der Waals surface area contributed by atoms with Crippen molar-refractivity contribution in [3.63, 3.8) is 0 Å². The van der Waals surface area contributed by atoms with E-state index in [1.165, 1.54) is 4.88 Å². The van der Waals surface area contributed by atoms with Crippen LogP contribution in [0.1, 0.15) is 24.3 Å². The Hall–Kier alpha value is -1.81. The highest BCUT2D eigenvalue weighted by Crippen LogP contribution is 2.10. The van der Waals surface area contributed by atoms with E-state index >= 15 is 0 Å². The predicted octanol–water partition coefficient (Wildman–Crippen LogP) is 3.80. The number of rotatable bonds is 7. The smallest absolute Gasteiger partial charge is 0.319 e. The summed E-state index contributed by atoms with van der Waals surface area (Å²) < 4.78 is 0. The van der Waals surface area contributed by atoms with Crippen molar-refractivity contribution in [3.8, 4) is 0 Å². The van der Waals surface area contributed by atoms with Gasteiger partial charge in [0, 0.05) is 36.7 Å². The summed E-state index contributed by atoms with van der Waals surface area (Å²) in [6, 6.07) is 11.9. The standard InChI is InChI=1S/C19H27N5OS.HI/c1-14(2)23-19(25)24-16-8-6-15(7-9-16)13-22-18(20-3)21-11-10-17-5-4-12-26-17;/h4-9,12,14H,10-11,13H2,1-3H3,(H2,20,21,22)(H2,23,24,25);1H. The summed E-state index contributed by atoms with van der Waals surface area (Å²) >= 11 is 1.77. The summed E-state index contributed by atoms with van der Waals surface area (Å²) in [5.74, 6) is 0.778. The number of benzene rings is 1. The Morgan fingerprint density at radius 1 is 1.15 bits per heavy atom. The Morgan fingerprint density at radius 2 is 1.89 bits per heavy atom. The number of aliphatic imine (C=N–C) groups is 1. The maximum absolute atomic E-state index is 11.7. The molecular formula is C19H28IN5OS. The lowest BCUT2D eigenvalue weighted by molar-refractivity contribution is 0.250. The maximum atomic E-state index is 11.7. The first kappa shape index (κ1) is 23.2. The third-order valence-electron chi connectivity index (χ3n) is 3.56. The van der Waals surface area contributed by atoms with Crippen LogP contribution in [0.15, 0.2) is 46.8 Å². The molecule has 27 heavy (non-hydrogen) atoms. The van der Waals surface area contributed by atoms with Crippen LogP contribution in [0.4, 0.5) is 10.5 Å². The van der Waals surface area contributed by atoms with Crippen LogP contribution in [0.2, 0.25) is 0 Å². The van der Waals surface area contributed by atoms with Crippen molar-refractivity contribution >= 4 is 53.0 Å². The second-order valence-electron chi connectivity index (χ2n) is 6.13. The molecule has 1 aromatic heterocycles. The van der Waals surface area contributed by atoms with Crippen LogP contribution in [-0.2, 0) is 13.0 Å². The Bertz CT molecular complexity index is 701. The molecule has 0 spiro atoms. The molecule has 6 nitrogen and oxygen atoms in total. The highest BCUT2D eigenvalue weighted by Gasteiger charge is 2.04. The number of carbonyl (C=O) groups is 1.